The van der Waals surface area contributed by atoms with Crippen LogP contribution in [0.4, 0.5) is 17.6 Å². The number of aromatic carboxylic acids is 1. The second-order valence-corrected chi connectivity index (χ2v) is 9.79. The minimum atomic E-state index is -3.79. The Hall–Kier alpha value is -4.48. The highest BCUT2D eigenvalue weighted by atomic mass is 19.3. The standard InChI is InChI=1S/C28H21F4NO7/c29-26(30)37-17-5-6-18-19(13-21(38-22(18)12-17)14-2-1-3-15(10-14)24(34)35)33-25(36)27(8-9-27)16-4-7-20-23(11-16)40-28(31,32)39-20/h1-7,10-12,19,21,26H,8-9,13H2,(H,33,36)(H,34,35)/t19-,21-/m1/s1. The first-order valence-electron chi connectivity index (χ1n) is 12.3. The number of carboxylic acid groups (broad SMARTS) is 1. The summed E-state index contributed by atoms with van der Waals surface area (Å²) in [6.07, 6.45) is -3.36. The van der Waals surface area contributed by atoms with Crippen molar-refractivity contribution in [3.63, 3.8) is 0 Å². The molecule has 3 aromatic rings. The largest absolute Gasteiger partial charge is 0.586 e. The van der Waals surface area contributed by atoms with Crippen molar-refractivity contribution < 1.29 is 51.2 Å². The number of carboxylic acids is 1. The lowest BCUT2D eigenvalue weighted by molar-refractivity contribution is -0.286. The molecule has 2 atom stereocenters. The van der Waals surface area contributed by atoms with Gasteiger partial charge < -0.3 is 29.4 Å². The number of amides is 1. The number of hydrogen-bond acceptors (Lipinski definition) is 6. The van der Waals surface area contributed by atoms with E-state index in [4.69, 9.17) is 4.74 Å². The molecule has 1 amide bonds. The Balaban J connectivity index is 1.30. The van der Waals surface area contributed by atoms with E-state index >= 15 is 0 Å². The van der Waals surface area contributed by atoms with Crippen LogP contribution in [0.15, 0.2) is 60.7 Å². The van der Waals surface area contributed by atoms with E-state index in [-0.39, 0.29) is 40.9 Å². The first-order valence-corrected chi connectivity index (χ1v) is 12.3. The molecule has 2 N–H and O–H groups in total. The molecule has 2 heterocycles. The number of benzene rings is 3. The van der Waals surface area contributed by atoms with Gasteiger partial charge >= 0.3 is 18.9 Å². The third kappa shape index (κ3) is 4.74. The van der Waals surface area contributed by atoms with E-state index in [2.05, 4.69) is 19.5 Å². The Morgan fingerprint density at radius 3 is 2.48 bits per heavy atom. The number of rotatable bonds is 7. The normalized spacial score (nSPS) is 21.2. The molecule has 0 spiro atoms. The highest BCUT2D eigenvalue weighted by Gasteiger charge is 2.53. The highest BCUT2D eigenvalue weighted by Crippen LogP contribution is 2.53. The molecule has 40 heavy (non-hydrogen) atoms. The summed E-state index contributed by atoms with van der Waals surface area (Å²) >= 11 is 0. The maximum Gasteiger partial charge on any atom is 0.586 e. The Bertz CT molecular complexity index is 1510. The average molecular weight is 559 g/mol. The third-order valence-corrected chi connectivity index (χ3v) is 7.25. The zero-order valence-corrected chi connectivity index (χ0v) is 20.5. The predicted molar refractivity (Wildman–Crippen MR) is 129 cm³/mol. The van der Waals surface area contributed by atoms with Crippen molar-refractivity contribution in [2.45, 2.75) is 49.7 Å². The van der Waals surface area contributed by atoms with E-state index in [1.165, 1.54) is 42.5 Å². The lowest BCUT2D eigenvalue weighted by atomic mass is 9.90. The molecule has 8 nitrogen and oxygen atoms in total. The molecule has 0 aromatic heterocycles. The second kappa shape index (κ2) is 9.32. The van der Waals surface area contributed by atoms with Crippen LogP contribution in [0, 0.1) is 0 Å². The second-order valence-electron chi connectivity index (χ2n) is 9.79. The van der Waals surface area contributed by atoms with Gasteiger partial charge in [0.2, 0.25) is 5.91 Å². The summed E-state index contributed by atoms with van der Waals surface area (Å²) in [6, 6.07) is 13.8. The Morgan fingerprint density at radius 1 is 0.975 bits per heavy atom. The van der Waals surface area contributed by atoms with E-state index in [0.29, 0.717) is 29.5 Å². The van der Waals surface area contributed by atoms with Gasteiger partial charge in [-0.05, 0) is 60.4 Å². The molecular weight excluding hydrogens is 538 g/mol. The lowest BCUT2D eigenvalue weighted by Gasteiger charge is -2.34. The molecule has 3 aromatic carbocycles. The summed E-state index contributed by atoms with van der Waals surface area (Å²) < 4.78 is 72.3. The van der Waals surface area contributed by atoms with E-state index in [0.717, 1.165) is 0 Å². The molecule has 208 valence electrons. The number of fused-ring (bicyclic) bond motifs is 2. The number of halogens is 4. The fourth-order valence-electron chi connectivity index (χ4n) is 5.15. The Morgan fingerprint density at radius 2 is 1.75 bits per heavy atom. The smallest absolute Gasteiger partial charge is 0.485 e. The maximum atomic E-state index is 13.7. The highest BCUT2D eigenvalue weighted by molar-refractivity contribution is 5.92. The van der Waals surface area contributed by atoms with Gasteiger partial charge in [0.15, 0.2) is 11.5 Å². The van der Waals surface area contributed by atoms with Crippen molar-refractivity contribution in [3.8, 4) is 23.0 Å². The summed E-state index contributed by atoms with van der Waals surface area (Å²) in [5.74, 6) is -1.74. The average Bonchev–Trinajstić information content (AvgIpc) is 3.65. The minimum absolute atomic E-state index is 0.0348. The van der Waals surface area contributed by atoms with Crippen LogP contribution in [0.25, 0.3) is 0 Å². The molecule has 0 bridgehead atoms. The van der Waals surface area contributed by atoms with Crippen LogP contribution in [0.1, 0.15) is 58.5 Å². The quantitative estimate of drug-likeness (QED) is 0.357. The lowest BCUT2D eigenvalue weighted by Crippen LogP contribution is -2.39. The number of carbonyl (C=O) groups excluding carboxylic acids is 1. The molecular formula is C28H21F4NO7. The molecule has 1 aliphatic carbocycles. The van der Waals surface area contributed by atoms with Crippen LogP contribution in [0.3, 0.4) is 0 Å². The number of alkyl halides is 4. The Labute approximate surface area is 224 Å². The Kier molecular flexibility index (Phi) is 6.00. The van der Waals surface area contributed by atoms with Gasteiger partial charge in [-0.25, -0.2) is 4.79 Å². The van der Waals surface area contributed by atoms with Gasteiger partial charge in [-0.2, -0.15) is 8.78 Å². The van der Waals surface area contributed by atoms with Crippen molar-refractivity contribution in [1.29, 1.82) is 0 Å². The summed E-state index contributed by atoms with van der Waals surface area (Å²) in [4.78, 5) is 25.2. The fourth-order valence-corrected chi connectivity index (χ4v) is 5.15. The first-order chi connectivity index (χ1) is 19.0. The van der Waals surface area contributed by atoms with E-state index in [1.807, 2.05) is 0 Å². The van der Waals surface area contributed by atoms with E-state index in [9.17, 15) is 32.3 Å². The molecule has 0 radical (unpaired) electrons. The SMILES string of the molecule is O=C(O)c1cccc([C@H]2C[C@@H](NC(=O)C3(c4ccc5c(c4)OC(F)(F)O5)CC3)c3ccc(OC(F)F)cc3O2)c1. The van der Waals surface area contributed by atoms with Gasteiger partial charge in [-0.15, -0.1) is 8.78 Å². The predicted octanol–water partition coefficient (Wildman–Crippen LogP) is 5.72. The van der Waals surface area contributed by atoms with Gasteiger partial charge in [0.05, 0.1) is 17.0 Å². The fraction of sp³-hybridized carbons (Fsp3) is 0.286. The van der Waals surface area contributed by atoms with Crippen LogP contribution < -0.4 is 24.3 Å². The summed E-state index contributed by atoms with van der Waals surface area (Å²) in [7, 11) is 0. The monoisotopic (exact) mass is 559 g/mol. The number of hydrogen-bond donors (Lipinski definition) is 2. The topological polar surface area (TPSA) is 103 Å². The zero-order chi connectivity index (χ0) is 28.2. The van der Waals surface area contributed by atoms with Crippen LogP contribution in [-0.2, 0) is 10.2 Å². The van der Waals surface area contributed by atoms with Crippen molar-refractivity contribution in [3.05, 3.63) is 82.9 Å². The number of ether oxygens (including phenoxy) is 4. The summed E-state index contributed by atoms with van der Waals surface area (Å²) in [5.41, 5.74) is 0.576. The molecule has 0 saturated heterocycles. The van der Waals surface area contributed by atoms with Crippen molar-refractivity contribution >= 4 is 11.9 Å². The van der Waals surface area contributed by atoms with Crippen LogP contribution in [0.2, 0.25) is 0 Å². The molecule has 3 aliphatic rings. The van der Waals surface area contributed by atoms with Crippen molar-refractivity contribution in [1.82, 2.24) is 5.32 Å². The third-order valence-electron chi connectivity index (χ3n) is 7.25. The zero-order valence-electron chi connectivity index (χ0n) is 20.5. The van der Waals surface area contributed by atoms with Crippen LogP contribution >= 0.6 is 0 Å². The van der Waals surface area contributed by atoms with Crippen molar-refractivity contribution in [2.24, 2.45) is 0 Å². The molecule has 6 rings (SSSR count). The minimum Gasteiger partial charge on any atom is -0.485 e. The summed E-state index contributed by atoms with van der Waals surface area (Å²) in [5, 5.41) is 12.4. The molecule has 12 heteroatoms. The first kappa shape index (κ1) is 25.8. The van der Waals surface area contributed by atoms with Crippen LogP contribution in [-0.4, -0.2) is 29.9 Å². The van der Waals surface area contributed by atoms with E-state index in [1.54, 1.807) is 18.2 Å². The van der Waals surface area contributed by atoms with Gasteiger partial charge in [-0.3, -0.25) is 4.79 Å². The molecule has 1 saturated carbocycles. The van der Waals surface area contributed by atoms with Crippen LogP contribution in [0.5, 0.6) is 23.0 Å². The van der Waals surface area contributed by atoms with Crippen molar-refractivity contribution in [2.75, 3.05) is 0 Å². The molecule has 0 unspecified atom stereocenters. The van der Waals surface area contributed by atoms with Gasteiger partial charge in [-0.1, -0.05) is 18.2 Å². The van der Waals surface area contributed by atoms with E-state index < -0.39 is 36.4 Å². The maximum absolute atomic E-state index is 13.7. The summed E-state index contributed by atoms with van der Waals surface area (Å²) in [6.45, 7) is -3.06. The van der Waals surface area contributed by atoms with Gasteiger partial charge in [0.25, 0.3) is 0 Å². The number of nitrogens with one attached hydrogen (secondary N) is 1. The molecule has 2 aliphatic heterocycles. The number of carbonyl (C=O) groups is 2. The molecule has 1 fully saturated rings. The van der Waals surface area contributed by atoms with Gasteiger partial charge in [0, 0.05) is 18.1 Å². The van der Waals surface area contributed by atoms with Gasteiger partial charge in [0.1, 0.15) is 17.6 Å².